The van der Waals surface area contributed by atoms with Crippen LogP contribution >= 0.6 is 0 Å². The minimum Gasteiger partial charge on any atom is -0.507 e. The van der Waals surface area contributed by atoms with Crippen LogP contribution in [-0.4, -0.2) is 10.9 Å². The number of hydrogen-bond donors (Lipinski definition) is 1. The van der Waals surface area contributed by atoms with E-state index in [1.807, 2.05) is 12.1 Å². The highest BCUT2D eigenvalue weighted by Crippen LogP contribution is 2.45. The molecule has 3 rings (SSSR count). The molecule has 0 amide bonds. The van der Waals surface area contributed by atoms with Crippen LogP contribution in [0.2, 0.25) is 0 Å². The number of Topliss-reactive ketones (excluding diaryl/α,β-unsaturated/α-hetero) is 1. The molecule has 1 N–H and O–H groups in total. The van der Waals surface area contributed by atoms with Gasteiger partial charge in [-0.1, -0.05) is 57.0 Å². The second-order valence-corrected chi connectivity index (χ2v) is 7.74. The Kier molecular flexibility index (Phi) is 5.82. The Morgan fingerprint density at radius 1 is 1.04 bits per heavy atom. The van der Waals surface area contributed by atoms with Crippen molar-refractivity contribution < 1.29 is 23.1 Å². The Hall–Kier alpha value is -2.30. The minimum absolute atomic E-state index is 0.0267. The fraction of sp³-hybridized carbons (Fsp3) is 0.435. The molecule has 0 heterocycles. The molecule has 0 atom stereocenters. The third kappa shape index (κ3) is 4.08. The van der Waals surface area contributed by atoms with Gasteiger partial charge in [-0.3, -0.25) is 4.79 Å². The van der Waals surface area contributed by atoms with E-state index < -0.39 is 23.3 Å². The second-order valence-electron chi connectivity index (χ2n) is 7.74. The number of aromatic hydroxyl groups is 1. The minimum atomic E-state index is -4.76. The molecule has 1 saturated carbocycles. The Labute approximate surface area is 163 Å². The highest BCUT2D eigenvalue weighted by Gasteiger charge is 2.38. The summed E-state index contributed by atoms with van der Waals surface area (Å²) in [5.74, 6) is -0.318. The molecule has 2 nitrogen and oxygen atoms in total. The van der Waals surface area contributed by atoms with E-state index in [0.29, 0.717) is 11.5 Å². The van der Waals surface area contributed by atoms with Crippen LogP contribution in [0.3, 0.4) is 0 Å². The summed E-state index contributed by atoms with van der Waals surface area (Å²) in [6, 6.07) is 9.69. The molecule has 1 fully saturated rings. The van der Waals surface area contributed by atoms with Gasteiger partial charge in [0.25, 0.3) is 0 Å². The molecule has 0 saturated heterocycles. The second kappa shape index (κ2) is 7.98. The van der Waals surface area contributed by atoms with Gasteiger partial charge in [0.15, 0.2) is 5.78 Å². The lowest BCUT2D eigenvalue weighted by molar-refractivity contribution is -0.138. The number of phenolic OH excluding ortho intramolecular Hbond substituents is 1. The van der Waals surface area contributed by atoms with Gasteiger partial charge in [-0.25, -0.2) is 0 Å². The SMILES string of the molecule is CCC(=O)c1ccc(-c2ccc(C3CCC(C)CC3)cc2)c(C(F)(F)F)c1O. The van der Waals surface area contributed by atoms with Gasteiger partial charge in [-0.05, 0) is 47.4 Å². The number of alkyl halides is 3. The van der Waals surface area contributed by atoms with Gasteiger partial charge in [0.2, 0.25) is 0 Å². The lowest BCUT2D eigenvalue weighted by atomic mass is 9.79. The van der Waals surface area contributed by atoms with Crippen LogP contribution in [0.15, 0.2) is 36.4 Å². The maximum absolute atomic E-state index is 13.7. The Bertz CT molecular complexity index is 845. The standard InChI is InChI=1S/C23H25F3O2/c1-3-20(27)19-13-12-18(21(22(19)28)23(24,25)26)17-10-8-16(9-11-17)15-6-4-14(2)5-7-15/h8-15,28H,3-7H2,1-2H3. The molecule has 1 aliphatic rings. The summed E-state index contributed by atoms with van der Waals surface area (Å²) in [6.07, 6.45) is -0.191. The zero-order valence-electron chi connectivity index (χ0n) is 16.1. The number of phenols is 1. The van der Waals surface area contributed by atoms with Gasteiger partial charge in [-0.2, -0.15) is 13.2 Å². The van der Waals surface area contributed by atoms with Crippen molar-refractivity contribution in [1.29, 1.82) is 0 Å². The summed E-state index contributed by atoms with van der Waals surface area (Å²) in [7, 11) is 0. The molecule has 5 heteroatoms. The van der Waals surface area contributed by atoms with Crippen LogP contribution in [0.1, 0.15) is 73.4 Å². The molecule has 1 aliphatic carbocycles. The normalized spacial score (nSPS) is 20.2. The van der Waals surface area contributed by atoms with Crippen molar-refractivity contribution in [2.45, 2.75) is 58.0 Å². The average Bonchev–Trinajstić information content (AvgIpc) is 2.67. The molecule has 150 valence electrons. The number of benzene rings is 2. The smallest absolute Gasteiger partial charge is 0.420 e. The number of rotatable bonds is 4. The molecule has 0 bridgehead atoms. The first-order valence-electron chi connectivity index (χ1n) is 9.79. The van der Waals surface area contributed by atoms with E-state index in [-0.39, 0.29) is 17.5 Å². The van der Waals surface area contributed by atoms with Crippen molar-refractivity contribution in [3.05, 3.63) is 53.1 Å². The number of carbonyl (C=O) groups is 1. The van der Waals surface area contributed by atoms with E-state index in [0.717, 1.165) is 24.3 Å². The van der Waals surface area contributed by atoms with E-state index in [1.165, 1.54) is 25.0 Å². The topological polar surface area (TPSA) is 37.3 Å². The summed E-state index contributed by atoms with van der Waals surface area (Å²) in [6.45, 7) is 3.80. The molecular weight excluding hydrogens is 365 g/mol. The third-order valence-electron chi connectivity index (χ3n) is 5.79. The molecule has 2 aromatic rings. The van der Waals surface area contributed by atoms with Crippen molar-refractivity contribution in [1.82, 2.24) is 0 Å². The summed E-state index contributed by atoms with van der Waals surface area (Å²) >= 11 is 0. The summed E-state index contributed by atoms with van der Waals surface area (Å²) < 4.78 is 41.0. The lowest BCUT2D eigenvalue weighted by Gasteiger charge is -2.26. The highest BCUT2D eigenvalue weighted by atomic mass is 19.4. The van der Waals surface area contributed by atoms with Crippen LogP contribution < -0.4 is 0 Å². The number of halogens is 3. The van der Waals surface area contributed by atoms with Crippen LogP contribution in [0.25, 0.3) is 11.1 Å². The fourth-order valence-electron chi connectivity index (χ4n) is 4.06. The zero-order chi connectivity index (χ0) is 20.5. The monoisotopic (exact) mass is 390 g/mol. The van der Waals surface area contributed by atoms with Gasteiger partial charge < -0.3 is 5.11 Å². The summed E-state index contributed by atoms with van der Waals surface area (Å²) in [5, 5.41) is 10.2. The predicted octanol–water partition coefficient (Wildman–Crippen LogP) is 6.96. The third-order valence-corrected chi connectivity index (χ3v) is 5.79. The Morgan fingerprint density at radius 3 is 2.18 bits per heavy atom. The van der Waals surface area contributed by atoms with E-state index in [9.17, 15) is 23.1 Å². The molecule has 0 aromatic heterocycles. The Balaban J connectivity index is 1.99. The van der Waals surface area contributed by atoms with Crippen LogP contribution in [0.5, 0.6) is 5.75 Å². The van der Waals surface area contributed by atoms with E-state index in [1.54, 1.807) is 19.1 Å². The first-order chi connectivity index (χ1) is 13.2. The van der Waals surface area contributed by atoms with E-state index in [4.69, 9.17) is 0 Å². The van der Waals surface area contributed by atoms with Gasteiger partial charge in [0.1, 0.15) is 11.3 Å². The predicted molar refractivity (Wildman–Crippen MR) is 104 cm³/mol. The van der Waals surface area contributed by atoms with E-state index in [2.05, 4.69) is 6.92 Å². The van der Waals surface area contributed by atoms with Crippen LogP contribution in [-0.2, 0) is 6.18 Å². The van der Waals surface area contributed by atoms with Crippen LogP contribution in [0, 0.1) is 5.92 Å². The first kappa shape index (κ1) is 20.4. The molecule has 28 heavy (non-hydrogen) atoms. The average molecular weight is 390 g/mol. The largest absolute Gasteiger partial charge is 0.507 e. The summed E-state index contributed by atoms with van der Waals surface area (Å²) in [5.41, 5.74) is -0.0173. The first-order valence-corrected chi connectivity index (χ1v) is 9.79. The molecular formula is C23H25F3O2. The highest BCUT2D eigenvalue weighted by molar-refractivity contribution is 5.99. The van der Waals surface area contributed by atoms with Crippen molar-refractivity contribution in [2.24, 2.45) is 5.92 Å². The molecule has 0 unspecified atom stereocenters. The lowest BCUT2D eigenvalue weighted by Crippen LogP contribution is -2.11. The number of ketones is 1. The molecule has 2 aromatic carbocycles. The molecule has 0 aliphatic heterocycles. The number of hydrogen-bond acceptors (Lipinski definition) is 2. The summed E-state index contributed by atoms with van der Waals surface area (Å²) in [4.78, 5) is 11.9. The van der Waals surface area contributed by atoms with Gasteiger partial charge >= 0.3 is 6.18 Å². The van der Waals surface area contributed by atoms with Gasteiger partial charge in [-0.15, -0.1) is 0 Å². The van der Waals surface area contributed by atoms with Gasteiger partial charge in [0.05, 0.1) is 5.56 Å². The van der Waals surface area contributed by atoms with Crippen molar-refractivity contribution >= 4 is 5.78 Å². The molecule has 0 spiro atoms. The van der Waals surface area contributed by atoms with Crippen molar-refractivity contribution in [2.75, 3.05) is 0 Å². The number of carbonyl (C=O) groups excluding carboxylic acids is 1. The zero-order valence-corrected chi connectivity index (χ0v) is 16.1. The van der Waals surface area contributed by atoms with Crippen molar-refractivity contribution in [3.8, 4) is 16.9 Å². The molecule has 0 radical (unpaired) electrons. The Morgan fingerprint density at radius 2 is 1.64 bits per heavy atom. The maximum Gasteiger partial charge on any atom is 0.420 e. The maximum atomic E-state index is 13.7. The van der Waals surface area contributed by atoms with Gasteiger partial charge in [0, 0.05) is 6.42 Å². The fourth-order valence-corrected chi connectivity index (χ4v) is 4.06. The quantitative estimate of drug-likeness (QED) is 0.573. The van der Waals surface area contributed by atoms with Crippen LogP contribution in [0.4, 0.5) is 13.2 Å². The van der Waals surface area contributed by atoms with Crippen molar-refractivity contribution in [3.63, 3.8) is 0 Å². The van der Waals surface area contributed by atoms with E-state index >= 15 is 0 Å².